The van der Waals surface area contributed by atoms with Crippen LogP contribution in [0, 0.1) is 23.2 Å². The summed E-state index contributed by atoms with van der Waals surface area (Å²) in [5, 5.41) is 0.852. The van der Waals surface area contributed by atoms with Gasteiger partial charge in [0.1, 0.15) is 5.01 Å². The van der Waals surface area contributed by atoms with Gasteiger partial charge in [0.15, 0.2) is 0 Å². The molecule has 2 aromatic rings. The summed E-state index contributed by atoms with van der Waals surface area (Å²) in [7, 11) is 0. The molecule has 5 nitrogen and oxygen atoms in total. The maximum atomic E-state index is 13.5. The standard InChI is InChI=1S/C25H29N3O2S/c29-23(6-5-22-26-20-3-1-2-4-21(20)31-22)27-7-9-28(10-8-27)24(30)25-14-17-11-18(15-25)13-19(12-17)16-25/h1-6,17-19H,7-16H2/b6-5+. The number of hydrogen-bond donors (Lipinski definition) is 0. The van der Waals surface area contributed by atoms with E-state index in [1.54, 1.807) is 17.4 Å². The van der Waals surface area contributed by atoms with E-state index in [9.17, 15) is 9.59 Å². The van der Waals surface area contributed by atoms with Crippen LogP contribution in [0.1, 0.15) is 43.5 Å². The average Bonchev–Trinajstić information content (AvgIpc) is 3.19. The molecule has 0 unspecified atom stereocenters. The topological polar surface area (TPSA) is 53.5 Å². The molecule has 2 heterocycles. The van der Waals surface area contributed by atoms with Crippen molar-refractivity contribution in [2.45, 2.75) is 38.5 Å². The molecule has 1 aromatic heterocycles. The Labute approximate surface area is 187 Å². The summed E-state index contributed by atoms with van der Waals surface area (Å²) in [4.78, 5) is 34.7. The van der Waals surface area contributed by atoms with Crippen LogP contribution in [0.4, 0.5) is 0 Å². The van der Waals surface area contributed by atoms with Gasteiger partial charge in [0.25, 0.3) is 0 Å². The molecule has 4 bridgehead atoms. The van der Waals surface area contributed by atoms with E-state index in [0.29, 0.717) is 32.1 Å². The van der Waals surface area contributed by atoms with E-state index in [0.717, 1.165) is 52.2 Å². The van der Waals surface area contributed by atoms with Gasteiger partial charge in [0.2, 0.25) is 11.8 Å². The molecule has 0 spiro atoms. The van der Waals surface area contributed by atoms with Gasteiger partial charge in [-0.3, -0.25) is 9.59 Å². The van der Waals surface area contributed by atoms with Crippen molar-refractivity contribution in [2.75, 3.05) is 26.2 Å². The smallest absolute Gasteiger partial charge is 0.246 e. The fourth-order valence-electron chi connectivity index (χ4n) is 7.05. The molecule has 1 aliphatic heterocycles. The average molecular weight is 436 g/mol. The zero-order valence-electron chi connectivity index (χ0n) is 17.8. The molecular formula is C25H29N3O2S. The maximum Gasteiger partial charge on any atom is 0.246 e. The van der Waals surface area contributed by atoms with Gasteiger partial charge in [-0.1, -0.05) is 12.1 Å². The van der Waals surface area contributed by atoms with Crippen molar-refractivity contribution in [3.63, 3.8) is 0 Å². The van der Waals surface area contributed by atoms with Crippen LogP contribution < -0.4 is 0 Å². The van der Waals surface area contributed by atoms with Gasteiger partial charge in [-0.2, -0.15) is 0 Å². The van der Waals surface area contributed by atoms with Crippen LogP contribution >= 0.6 is 11.3 Å². The second kappa shape index (κ2) is 7.44. The summed E-state index contributed by atoms with van der Waals surface area (Å²) >= 11 is 1.60. The van der Waals surface area contributed by atoms with Gasteiger partial charge >= 0.3 is 0 Å². The Morgan fingerprint density at radius 3 is 2.19 bits per heavy atom. The van der Waals surface area contributed by atoms with Crippen molar-refractivity contribution in [3.05, 3.63) is 35.3 Å². The lowest BCUT2D eigenvalue weighted by Gasteiger charge is -2.57. The van der Waals surface area contributed by atoms with Gasteiger partial charge in [0.05, 0.1) is 15.6 Å². The zero-order chi connectivity index (χ0) is 21.0. The molecule has 162 valence electrons. The van der Waals surface area contributed by atoms with Crippen LogP contribution in [0.25, 0.3) is 16.3 Å². The molecule has 6 heteroatoms. The Hall–Kier alpha value is -2.21. The Morgan fingerprint density at radius 1 is 0.935 bits per heavy atom. The first-order chi connectivity index (χ1) is 15.1. The van der Waals surface area contributed by atoms with E-state index in [1.807, 2.05) is 35.2 Å². The van der Waals surface area contributed by atoms with E-state index in [2.05, 4.69) is 9.88 Å². The number of carbonyl (C=O) groups excluding carboxylic acids is 2. The predicted octanol–water partition coefficient (Wildman–Crippen LogP) is 4.20. The number of fused-ring (bicyclic) bond motifs is 1. The summed E-state index contributed by atoms with van der Waals surface area (Å²) in [5.74, 6) is 2.76. The normalized spacial score (nSPS) is 32.3. The van der Waals surface area contributed by atoms with Gasteiger partial charge in [-0.25, -0.2) is 4.98 Å². The molecule has 31 heavy (non-hydrogen) atoms. The molecule has 0 radical (unpaired) electrons. The third-order valence-corrected chi connectivity index (χ3v) is 9.05. The summed E-state index contributed by atoms with van der Waals surface area (Å²) in [6.07, 6.45) is 10.9. The largest absolute Gasteiger partial charge is 0.339 e. The van der Waals surface area contributed by atoms with Crippen molar-refractivity contribution in [1.29, 1.82) is 0 Å². The van der Waals surface area contributed by atoms with Crippen LogP contribution in [-0.4, -0.2) is 52.8 Å². The van der Waals surface area contributed by atoms with Crippen LogP contribution in [0.5, 0.6) is 0 Å². The zero-order valence-corrected chi connectivity index (χ0v) is 18.7. The summed E-state index contributed by atoms with van der Waals surface area (Å²) in [6.45, 7) is 2.59. The highest BCUT2D eigenvalue weighted by Crippen LogP contribution is 2.60. The van der Waals surface area contributed by atoms with Gasteiger partial charge in [-0.05, 0) is 74.5 Å². The third kappa shape index (κ3) is 3.49. The Morgan fingerprint density at radius 2 is 1.55 bits per heavy atom. The minimum Gasteiger partial charge on any atom is -0.339 e. The second-order valence-electron chi connectivity index (χ2n) is 10.2. The minimum atomic E-state index is -0.0757. The van der Waals surface area contributed by atoms with Crippen LogP contribution in [0.2, 0.25) is 0 Å². The number of rotatable bonds is 3. The minimum absolute atomic E-state index is 0.0150. The summed E-state index contributed by atoms with van der Waals surface area (Å²) in [5.41, 5.74) is 0.893. The Bertz CT molecular complexity index is 982. The SMILES string of the molecule is O=C(/C=C/c1nc2ccccc2s1)N1CCN(C(=O)C23CC4CC(CC(C4)C2)C3)CC1. The number of para-hydroxylation sites is 1. The molecule has 1 aromatic carbocycles. The molecule has 1 saturated heterocycles. The van der Waals surface area contributed by atoms with Crippen molar-refractivity contribution in [2.24, 2.45) is 23.2 Å². The quantitative estimate of drug-likeness (QED) is 0.679. The number of amides is 2. The Kier molecular flexibility index (Phi) is 4.67. The monoisotopic (exact) mass is 435 g/mol. The van der Waals surface area contributed by atoms with E-state index in [1.165, 1.54) is 19.3 Å². The third-order valence-electron chi connectivity index (χ3n) is 8.05. The van der Waals surface area contributed by atoms with Crippen LogP contribution in [0.15, 0.2) is 30.3 Å². The number of hydrogen-bond acceptors (Lipinski definition) is 4. The lowest BCUT2D eigenvalue weighted by atomic mass is 9.49. The van der Waals surface area contributed by atoms with Crippen LogP contribution in [-0.2, 0) is 9.59 Å². The number of benzene rings is 1. The fourth-order valence-corrected chi connectivity index (χ4v) is 7.92. The summed E-state index contributed by atoms with van der Waals surface area (Å²) < 4.78 is 1.13. The van der Waals surface area contributed by atoms with Crippen molar-refractivity contribution in [1.82, 2.24) is 14.8 Å². The van der Waals surface area contributed by atoms with E-state index in [4.69, 9.17) is 0 Å². The van der Waals surface area contributed by atoms with E-state index < -0.39 is 0 Å². The lowest BCUT2D eigenvalue weighted by molar-refractivity contribution is -0.160. The fraction of sp³-hybridized carbons (Fsp3) is 0.560. The highest BCUT2D eigenvalue weighted by Gasteiger charge is 2.55. The van der Waals surface area contributed by atoms with Gasteiger partial charge in [-0.15, -0.1) is 11.3 Å². The molecule has 0 N–H and O–H groups in total. The first kappa shape index (κ1) is 19.5. The molecule has 4 saturated carbocycles. The van der Waals surface area contributed by atoms with E-state index in [-0.39, 0.29) is 11.3 Å². The van der Waals surface area contributed by atoms with Gasteiger partial charge in [0, 0.05) is 32.3 Å². The molecular weight excluding hydrogens is 406 g/mol. The molecule has 2 amide bonds. The maximum absolute atomic E-state index is 13.5. The van der Waals surface area contributed by atoms with Crippen molar-refractivity contribution >= 4 is 39.4 Å². The first-order valence-electron chi connectivity index (χ1n) is 11.7. The number of carbonyl (C=O) groups is 2. The molecule has 4 aliphatic carbocycles. The Balaban J connectivity index is 1.07. The molecule has 5 aliphatic rings. The van der Waals surface area contributed by atoms with Gasteiger partial charge < -0.3 is 9.80 Å². The number of nitrogens with zero attached hydrogens (tertiary/aromatic N) is 3. The van der Waals surface area contributed by atoms with Crippen molar-refractivity contribution < 1.29 is 9.59 Å². The van der Waals surface area contributed by atoms with Crippen molar-refractivity contribution in [3.8, 4) is 0 Å². The van der Waals surface area contributed by atoms with E-state index >= 15 is 0 Å². The lowest BCUT2D eigenvalue weighted by Crippen LogP contribution is -2.58. The highest BCUT2D eigenvalue weighted by molar-refractivity contribution is 7.19. The highest BCUT2D eigenvalue weighted by atomic mass is 32.1. The number of thiazole rings is 1. The number of piperazine rings is 1. The number of aromatic nitrogens is 1. The second-order valence-corrected chi connectivity index (χ2v) is 11.2. The van der Waals surface area contributed by atoms with Crippen LogP contribution in [0.3, 0.4) is 0 Å². The molecule has 5 fully saturated rings. The molecule has 7 rings (SSSR count). The summed E-state index contributed by atoms with van der Waals surface area (Å²) in [6, 6.07) is 8.02. The predicted molar refractivity (Wildman–Crippen MR) is 122 cm³/mol. The first-order valence-corrected chi connectivity index (χ1v) is 12.5. The molecule has 0 atom stereocenters.